The molecule has 0 bridgehead atoms. The molecule has 0 atom stereocenters. The van der Waals surface area contributed by atoms with Crippen LogP contribution in [0.1, 0.15) is 29.5 Å². The molecule has 0 aliphatic rings. The van der Waals surface area contributed by atoms with E-state index in [9.17, 15) is 0 Å². The summed E-state index contributed by atoms with van der Waals surface area (Å²) in [6, 6.07) is 5.80. The third-order valence-electron chi connectivity index (χ3n) is 4.28. The predicted octanol–water partition coefficient (Wildman–Crippen LogP) is 2.91. The molecule has 0 radical (unpaired) electrons. The van der Waals surface area contributed by atoms with Gasteiger partial charge < -0.3 is 10.2 Å². The lowest BCUT2D eigenvalue weighted by Gasteiger charge is -2.28. The van der Waals surface area contributed by atoms with E-state index in [2.05, 4.69) is 46.0 Å². The summed E-state index contributed by atoms with van der Waals surface area (Å²) < 4.78 is 0. The van der Waals surface area contributed by atoms with E-state index in [0.29, 0.717) is 0 Å². The predicted molar refractivity (Wildman–Crippen MR) is 89.5 cm³/mol. The molecular weight excluding hydrogens is 264 g/mol. The maximum Gasteiger partial charge on any atom is 0.0813 e. The molecule has 0 spiro atoms. The van der Waals surface area contributed by atoms with Crippen LogP contribution in [0, 0.1) is 26.7 Å². The molecule has 0 unspecified atom stereocenters. The van der Waals surface area contributed by atoms with Crippen LogP contribution < -0.4 is 5.19 Å². The van der Waals surface area contributed by atoms with Crippen LogP contribution >= 0.6 is 0 Å². The minimum atomic E-state index is -1.45. The molecule has 0 aromatic heterocycles. The molecule has 0 aliphatic carbocycles. The van der Waals surface area contributed by atoms with Crippen molar-refractivity contribution in [3.05, 3.63) is 28.8 Å². The lowest BCUT2D eigenvalue weighted by Crippen LogP contribution is -2.44. The van der Waals surface area contributed by atoms with E-state index in [1.54, 1.807) is 5.19 Å². The second kappa shape index (κ2) is 7.39. The number of aliphatic hydroxyl groups is 2. The van der Waals surface area contributed by atoms with Crippen LogP contribution in [0.3, 0.4) is 0 Å². The Morgan fingerprint density at radius 1 is 1.00 bits per heavy atom. The van der Waals surface area contributed by atoms with Gasteiger partial charge in [-0.3, -0.25) is 0 Å². The zero-order valence-electron chi connectivity index (χ0n) is 13.7. The molecule has 0 aliphatic heterocycles. The van der Waals surface area contributed by atoms with Gasteiger partial charge in [0, 0.05) is 19.1 Å². The van der Waals surface area contributed by atoms with Crippen LogP contribution in [0.5, 0.6) is 0 Å². The highest BCUT2D eigenvalue weighted by atomic mass is 28.3. The van der Waals surface area contributed by atoms with Crippen molar-refractivity contribution in [2.75, 3.05) is 13.2 Å². The van der Waals surface area contributed by atoms with Gasteiger partial charge in [0.1, 0.15) is 0 Å². The zero-order chi connectivity index (χ0) is 15.3. The average Bonchev–Trinajstić information content (AvgIpc) is 2.32. The van der Waals surface area contributed by atoms with Gasteiger partial charge in [-0.25, -0.2) is 0 Å². The normalized spacial score (nSPS) is 12.2. The first-order chi connectivity index (χ1) is 9.31. The number of hydrogen-bond donors (Lipinski definition) is 2. The first-order valence-electron chi connectivity index (χ1n) is 7.62. The van der Waals surface area contributed by atoms with Crippen molar-refractivity contribution >= 4 is 13.3 Å². The summed E-state index contributed by atoms with van der Waals surface area (Å²) >= 11 is 0. The molecular formula is C17H30O2Si. The van der Waals surface area contributed by atoms with E-state index in [4.69, 9.17) is 10.2 Å². The van der Waals surface area contributed by atoms with Gasteiger partial charge in [-0.2, -0.15) is 0 Å². The van der Waals surface area contributed by atoms with E-state index in [1.807, 2.05) is 0 Å². The van der Waals surface area contributed by atoms with Crippen LogP contribution in [-0.4, -0.2) is 31.5 Å². The van der Waals surface area contributed by atoms with Crippen molar-refractivity contribution in [3.8, 4) is 0 Å². The standard InChI is InChI=1S/C17H30O2Si/c1-13-9-14(2)17(15(3)10-13)20(4,5)8-6-7-16(11-18)12-19/h9-10,16,18-19H,6-8,11-12H2,1-5H3. The van der Waals surface area contributed by atoms with Crippen LogP contribution in [0.15, 0.2) is 12.1 Å². The second-order valence-electron chi connectivity index (χ2n) is 6.78. The van der Waals surface area contributed by atoms with Crippen LogP contribution in [0.25, 0.3) is 0 Å². The summed E-state index contributed by atoms with van der Waals surface area (Å²) in [6.07, 6.45) is 2.02. The summed E-state index contributed by atoms with van der Waals surface area (Å²) in [5.74, 6) is 0.0556. The highest BCUT2D eigenvalue weighted by Gasteiger charge is 2.26. The van der Waals surface area contributed by atoms with E-state index < -0.39 is 8.07 Å². The van der Waals surface area contributed by atoms with Gasteiger partial charge in [0.05, 0.1) is 8.07 Å². The molecule has 2 nitrogen and oxygen atoms in total. The second-order valence-corrected chi connectivity index (χ2v) is 11.5. The van der Waals surface area contributed by atoms with Gasteiger partial charge in [0.15, 0.2) is 0 Å². The monoisotopic (exact) mass is 294 g/mol. The Balaban J connectivity index is 2.79. The van der Waals surface area contributed by atoms with Crippen LogP contribution in [-0.2, 0) is 0 Å². The number of aryl methyl sites for hydroxylation is 3. The lowest BCUT2D eigenvalue weighted by atomic mass is 10.1. The topological polar surface area (TPSA) is 40.5 Å². The molecule has 1 aromatic carbocycles. The summed E-state index contributed by atoms with van der Waals surface area (Å²) in [5, 5.41) is 19.9. The first kappa shape index (κ1) is 17.4. The van der Waals surface area contributed by atoms with Crippen LogP contribution in [0.2, 0.25) is 19.1 Å². The van der Waals surface area contributed by atoms with E-state index >= 15 is 0 Å². The third kappa shape index (κ3) is 4.44. The molecule has 3 heteroatoms. The molecule has 0 fully saturated rings. The number of aliphatic hydroxyl groups excluding tert-OH is 2. The Morgan fingerprint density at radius 3 is 1.95 bits per heavy atom. The fourth-order valence-corrected chi connectivity index (χ4v) is 7.06. The molecule has 0 saturated carbocycles. The van der Waals surface area contributed by atoms with Gasteiger partial charge in [-0.05, 0) is 27.2 Å². The fraction of sp³-hybridized carbons (Fsp3) is 0.647. The third-order valence-corrected chi connectivity index (χ3v) is 8.03. The Bertz CT molecular complexity index is 414. The quantitative estimate of drug-likeness (QED) is 0.759. The Labute approximate surface area is 124 Å². The van der Waals surface area contributed by atoms with Crippen LogP contribution in [0.4, 0.5) is 0 Å². The fourth-order valence-electron chi connectivity index (χ4n) is 3.45. The van der Waals surface area contributed by atoms with E-state index in [-0.39, 0.29) is 19.1 Å². The lowest BCUT2D eigenvalue weighted by molar-refractivity contribution is 0.143. The maximum atomic E-state index is 9.14. The highest BCUT2D eigenvalue weighted by Crippen LogP contribution is 2.20. The Morgan fingerprint density at radius 2 is 1.50 bits per heavy atom. The van der Waals surface area contributed by atoms with E-state index in [1.165, 1.54) is 22.7 Å². The SMILES string of the molecule is Cc1cc(C)c([Si](C)(C)CCCC(CO)CO)c(C)c1. The van der Waals surface area contributed by atoms with Crippen molar-refractivity contribution in [2.45, 2.75) is 52.8 Å². The van der Waals surface area contributed by atoms with Crippen molar-refractivity contribution in [1.82, 2.24) is 0 Å². The molecule has 0 saturated heterocycles. The smallest absolute Gasteiger partial charge is 0.0813 e. The summed E-state index contributed by atoms with van der Waals surface area (Å²) in [5.41, 5.74) is 4.20. The van der Waals surface area contributed by atoms with E-state index in [0.717, 1.165) is 12.8 Å². The Hall–Kier alpha value is -0.643. The minimum Gasteiger partial charge on any atom is -0.396 e. The summed E-state index contributed by atoms with van der Waals surface area (Å²) in [4.78, 5) is 0. The maximum absolute atomic E-state index is 9.14. The molecule has 20 heavy (non-hydrogen) atoms. The zero-order valence-corrected chi connectivity index (χ0v) is 14.7. The average molecular weight is 295 g/mol. The summed E-state index contributed by atoms with van der Waals surface area (Å²) in [6.45, 7) is 11.7. The largest absolute Gasteiger partial charge is 0.396 e. The number of rotatable bonds is 7. The Kier molecular flexibility index (Phi) is 6.43. The first-order valence-corrected chi connectivity index (χ1v) is 10.8. The van der Waals surface area contributed by atoms with Gasteiger partial charge in [0.2, 0.25) is 0 Å². The van der Waals surface area contributed by atoms with Gasteiger partial charge >= 0.3 is 0 Å². The number of hydrogen-bond acceptors (Lipinski definition) is 2. The highest BCUT2D eigenvalue weighted by molar-refractivity contribution is 6.90. The minimum absolute atomic E-state index is 0.0556. The molecule has 114 valence electrons. The van der Waals surface area contributed by atoms with Crippen molar-refractivity contribution in [1.29, 1.82) is 0 Å². The van der Waals surface area contributed by atoms with Crippen molar-refractivity contribution < 1.29 is 10.2 Å². The summed E-state index contributed by atoms with van der Waals surface area (Å²) in [7, 11) is -1.45. The van der Waals surface area contributed by atoms with Gasteiger partial charge in [0.25, 0.3) is 0 Å². The molecule has 0 amide bonds. The van der Waals surface area contributed by atoms with Crippen molar-refractivity contribution in [2.24, 2.45) is 5.92 Å². The number of benzene rings is 1. The van der Waals surface area contributed by atoms with Crippen molar-refractivity contribution in [3.63, 3.8) is 0 Å². The molecule has 1 rings (SSSR count). The molecule has 1 aromatic rings. The van der Waals surface area contributed by atoms with Gasteiger partial charge in [-0.15, -0.1) is 0 Å². The molecule has 0 heterocycles. The van der Waals surface area contributed by atoms with Gasteiger partial charge in [-0.1, -0.05) is 59.6 Å². The molecule has 2 N–H and O–H groups in total.